The van der Waals surface area contributed by atoms with Gasteiger partial charge in [-0.1, -0.05) is 20.8 Å². The number of likely N-dealkylation sites (tertiary alicyclic amines) is 1. The number of hydrogen-bond donors (Lipinski definition) is 1. The van der Waals surface area contributed by atoms with Gasteiger partial charge in [0.1, 0.15) is 5.54 Å². The molecule has 0 aromatic rings. The molecule has 2 aliphatic heterocycles. The van der Waals surface area contributed by atoms with E-state index in [1.807, 2.05) is 20.8 Å². The normalized spacial score (nSPS) is 22.9. The van der Waals surface area contributed by atoms with Gasteiger partial charge in [0.25, 0.3) is 5.91 Å². The lowest BCUT2D eigenvalue weighted by molar-refractivity contribution is -0.143. The molecule has 0 saturated carbocycles. The minimum atomic E-state index is -0.791. The topological polar surface area (TPSA) is 69.7 Å². The number of urea groups is 1. The third-order valence-corrected chi connectivity index (χ3v) is 3.91. The van der Waals surface area contributed by atoms with Gasteiger partial charge in [-0.05, 0) is 12.8 Å². The summed E-state index contributed by atoms with van der Waals surface area (Å²) in [6.07, 6.45) is 0.980. The monoisotopic (exact) mass is 267 g/mol. The van der Waals surface area contributed by atoms with Gasteiger partial charge in [-0.25, -0.2) is 4.79 Å². The van der Waals surface area contributed by atoms with Crippen LogP contribution in [0.4, 0.5) is 4.79 Å². The molecule has 19 heavy (non-hydrogen) atoms. The first-order chi connectivity index (χ1) is 8.67. The predicted molar refractivity (Wildman–Crippen MR) is 69.3 cm³/mol. The number of rotatable bonds is 0. The molecule has 1 spiro atoms. The van der Waals surface area contributed by atoms with Gasteiger partial charge in [0.2, 0.25) is 5.91 Å². The van der Waals surface area contributed by atoms with Crippen LogP contribution in [0.15, 0.2) is 0 Å². The number of imide groups is 1. The minimum absolute atomic E-state index is 0.0903. The SMILES string of the molecule is CN1C(=O)NC2(CCN(C(=O)C(C)(C)C)CC2)C1=O. The van der Waals surface area contributed by atoms with E-state index in [1.54, 1.807) is 4.90 Å². The van der Waals surface area contributed by atoms with Crippen LogP contribution in [0.1, 0.15) is 33.6 Å². The van der Waals surface area contributed by atoms with Crippen molar-refractivity contribution >= 4 is 17.8 Å². The summed E-state index contributed by atoms with van der Waals surface area (Å²) in [5.74, 6) is -0.0900. The maximum Gasteiger partial charge on any atom is 0.324 e. The van der Waals surface area contributed by atoms with Crippen LogP contribution in [0.5, 0.6) is 0 Å². The van der Waals surface area contributed by atoms with Crippen LogP contribution in [0.2, 0.25) is 0 Å². The predicted octanol–water partition coefficient (Wildman–Crippen LogP) is 0.575. The van der Waals surface area contributed by atoms with Crippen molar-refractivity contribution in [2.45, 2.75) is 39.2 Å². The third-order valence-electron chi connectivity index (χ3n) is 3.91. The van der Waals surface area contributed by atoms with E-state index in [0.717, 1.165) is 4.90 Å². The zero-order valence-electron chi connectivity index (χ0n) is 11.9. The standard InChI is InChI=1S/C13H21N3O3/c1-12(2,3)9(17)16-7-5-13(6-8-16)10(18)15(4)11(19)14-13/h5-8H2,1-4H3,(H,14,19). The number of nitrogens with one attached hydrogen (secondary N) is 1. The smallest absolute Gasteiger partial charge is 0.324 e. The van der Waals surface area contributed by atoms with Gasteiger partial charge >= 0.3 is 6.03 Å². The molecule has 2 fully saturated rings. The quantitative estimate of drug-likeness (QED) is 0.653. The average molecular weight is 267 g/mol. The summed E-state index contributed by atoms with van der Waals surface area (Å²) < 4.78 is 0. The summed E-state index contributed by atoms with van der Waals surface area (Å²) in [5, 5.41) is 2.77. The second-order valence-electron chi connectivity index (χ2n) is 6.42. The van der Waals surface area contributed by atoms with E-state index in [0.29, 0.717) is 25.9 Å². The maximum absolute atomic E-state index is 12.2. The van der Waals surface area contributed by atoms with E-state index in [9.17, 15) is 14.4 Å². The Morgan fingerprint density at radius 3 is 2.11 bits per heavy atom. The first-order valence-corrected chi connectivity index (χ1v) is 6.57. The number of amides is 4. The maximum atomic E-state index is 12.2. The molecule has 6 nitrogen and oxygen atoms in total. The number of nitrogens with zero attached hydrogens (tertiary/aromatic N) is 2. The van der Waals surface area contributed by atoms with E-state index in [-0.39, 0.29) is 17.8 Å². The van der Waals surface area contributed by atoms with Crippen molar-refractivity contribution in [3.05, 3.63) is 0 Å². The molecule has 106 valence electrons. The molecule has 2 saturated heterocycles. The lowest BCUT2D eigenvalue weighted by atomic mass is 9.85. The summed E-state index contributed by atoms with van der Waals surface area (Å²) in [6, 6.07) is -0.347. The largest absolute Gasteiger partial charge is 0.342 e. The zero-order chi connectivity index (χ0) is 14.4. The van der Waals surface area contributed by atoms with Gasteiger partial charge in [-0.2, -0.15) is 0 Å². The third kappa shape index (κ3) is 2.19. The first-order valence-electron chi connectivity index (χ1n) is 6.57. The molecule has 2 aliphatic rings. The summed E-state index contributed by atoms with van der Waals surface area (Å²) in [4.78, 5) is 38.7. The fourth-order valence-corrected chi connectivity index (χ4v) is 2.66. The van der Waals surface area contributed by atoms with Crippen molar-refractivity contribution in [1.29, 1.82) is 0 Å². The Kier molecular flexibility index (Phi) is 3.07. The molecule has 2 heterocycles. The molecule has 0 bridgehead atoms. The van der Waals surface area contributed by atoms with Gasteiger partial charge in [0.15, 0.2) is 0 Å². The molecule has 0 aromatic heterocycles. The highest BCUT2D eigenvalue weighted by molar-refractivity contribution is 6.06. The fourth-order valence-electron chi connectivity index (χ4n) is 2.66. The lowest BCUT2D eigenvalue weighted by Gasteiger charge is -2.39. The van der Waals surface area contributed by atoms with E-state index >= 15 is 0 Å². The Balaban J connectivity index is 2.06. The van der Waals surface area contributed by atoms with Crippen molar-refractivity contribution in [3.63, 3.8) is 0 Å². The van der Waals surface area contributed by atoms with Crippen LogP contribution in [0, 0.1) is 5.41 Å². The Morgan fingerprint density at radius 1 is 1.21 bits per heavy atom. The van der Waals surface area contributed by atoms with Gasteiger partial charge < -0.3 is 10.2 Å². The van der Waals surface area contributed by atoms with Crippen LogP contribution in [-0.2, 0) is 9.59 Å². The van der Waals surface area contributed by atoms with Gasteiger partial charge in [-0.3, -0.25) is 14.5 Å². The van der Waals surface area contributed by atoms with Crippen LogP contribution in [0.25, 0.3) is 0 Å². The first kappa shape index (κ1) is 13.8. The molecule has 0 aromatic carbocycles. The summed E-state index contributed by atoms with van der Waals surface area (Å²) in [7, 11) is 1.49. The lowest BCUT2D eigenvalue weighted by Crippen LogP contribution is -2.57. The van der Waals surface area contributed by atoms with Gasteiger partial charge in [-0.15, -0.1) is 0 Å². The van der Waals surface area contributed by atoms with Crippen molar-refractivity contribution in [3.8, 4) is 0 Å². The van der Waals surface area contributed by atoms with E-state index in [1.165, 1.54) is 7.05 Å². The number of piperidine rings is 1. The highest BCUT2D eigenvalue weighted by Crippen LogP contribution is 2.30. The average Bonchev–Trinajstić information content (AvgIpc) is 2.54. The highest BCUT2D eigenvalue weighted by Gasteiger charge is 2.51. The van der Waals surface area contributed by atoms with E-state index in [4.69, 9.17) is 0 Å². The molecule has 2 rings (SSSR count). The fraction of sp³-hybridized carbons (Fsp3) is 0.769. The molecular formula is C13H21N3O3. The Bertz CT molecular complexity index is 431. The Morgan fingerprint density at radius 2 is 1.74 bits per heavy atom. The van der Waals surface area contributed by atoms with E-state index < -0.39 is 11.0 Å². The Labute approximate surface area is 113 Å². The van der Waals surface area contributed by atoms with Crippen LogP contribution in [0.3, 0.4) is 0 Å². The molecule has 0 aliphatic carbocycles. The summed E-state index contributed by atoms with van der Waals surface area (Å²) >= 11 is 0. The number of likely N-dealkylation sites (N-methyl/N-ethyl adjacent to an activating group) is 1. The number of hydrogen-bond acceptors (Lipinski definition) is 3. The molecular weight excluding hydrogens is 246 g/mol. The minimum Gasteiger partial charge on any atom is -0.342 e. The van der Waals surface area contributed by atoms with Crippen LogP contribution in [-0.4, -0.2) is 53.3 Å². The second-order valence-corrected chi connectivity index (χ2v) is 6.42. The van der Waals surface area contributed by atoms with Gasteiger partial charge in [0, 0.05) is 25.6 Å². The van der Waals surface area contributed by atoms with Crippen molar-refractivity contribution in [2.24, 2.45) is 5.41 Å². The highest BCUT2D eigenvalue weighted by atomic mass is 16.2. The molecule has 0 unspecified atom stereocenters. The Hall–Kier alpha value is -1.59. The summed E-state index contributed by atoms with van der Waals surface area (Å²) in [6.45, 7) is 6.67. The van der Waals surface area contributed by atoms with Crippen molar-refractivity contribution < 1.29 is 14.4 Å². The molecule has 6 heteroatoms. The van der Waals surface area contributed by atoms with Crippen LogP contribution >= 0.6 is 0 Å². The number of carbonyl (C=O) groups is 3. The summed E-state index contributed by atoms with van der Waals surface area (Å²) in [5.41, 5.74) is -1.20. The second kappa shape index (κ2) is 4.21. The van der Waals surface area contributed by atoms with Crippen molar-refractivity contribution in [1.82, 2.24) is 15.1 Å². The van der Waals surface area contributed by atoms with Crippen molar-refractivity contribution in [2.75, 3.05) is 20.1 Å². The van der Waals surface area contributed by atoms with Crippen LogP contribution < -0.4 is 5.32 Å². The molecule has 1 N–H and O–H groups in total. The zero-order valence-corrected chi connectivity index (χ0v) is 11.9. The van der Waals surface area contributed by atoms with Gasteiger partial charge in [0.05, 0.1) is 0 Å². The number of carbonyl (C=O) groups excluding carboxylic acids is 3. The van der Waals surface area contributed by atoms with E-state index in [2.05, 4.69) is 5.32 Å². The molecule has 0 atom stereocenters. The molecule has 0 radical (unpaired) electrons. The molecule has 4 amide bonds.